The van der Waals surface area contributed by atoms with Crippen LogP contribution in [0.5, 0.6) is 0 Å². The number of rotatable bonds is 1. The second kappa shape index (κ2) is 5.47. The van der Waals surface area contributed by atoms with Crippen molar-refractivity contribution in [3.63, 3.8) is 0 Å². The summed E-state index contributed by atoms with van der Waals surface area (Å²) in [6.07, 6.45) is 2.89. The van der Waals surface area contributed by atoms with E-state index in [1.165, 1.54) is 11.1 Å². The molecule has 23 heavy (non-hydrogen) atoms. The molecule has 0 spiro atoms. The number of amides is 2. The van der Waals surface area contributed by atoms with Crippen molar-refractivity contribution in [1.29, 1.82) is 0 Å². The summed E-state index contributed by atoms with van der Waals surface area (Å²) in [6.45, 7) is 1.43. The third-order valence-electron chi connectivity index (χ3n) is 4.56. The van der Waals surface area contributed by atoms with E-state index in [9.17, 15) is 4.79 Å². The van der Waals surface area contributed by atoms with Gasteiger partial charge in [0.25, 0.3) is 0 Å². The van der Waals surface area contributed by atoms with Gasteiger partial charge >= 0.3 is 6.03 Å². The fourth-order valence-corrected chi connectivity index (χ4v) is 3.30. The Balaban J connectivity index is 1.56. The molecule has 1 aliphatic heterocycles. The maximum Gasteiger partial charge on any atom is 0.322 e. The minimum absolute atomic E-state index is 0.0316. The molecular weight excluding hydrogens is 286 g/mol. The van der Waals surface area contributed by atoms with Crippen LogP contribution < -0.4 is 5.32 Å². The van der Waals surface area contributed by atoms with Gasteiger partial charge in [0.05, 0.1) is 5.69 Å². The zero-order valence-corrected chi connectivity index (χ0v) is 13.1. The average molecular weight is 305 g/mol. The Hall–Kier alpha value is -2.75. The highest BCUT2D eigenvalue weighted by molar-refractivity contribution is 6.01. The molecule has 1 aliphatic rings. The fraction of sp³-hybridized carbons (Fsp3) is 0.211. The van der Waals surface area contributed by atoms with Crippen molar-refractivity contribution in [2.75, 3.05) is 11.9 Å². The predicted octanol–water partition coefficient (Wildman–Crippen LogP) is 3.77. The molecular formula is C19H19N3O. The van der Waals surface area contributed by atoms with Crippen molar-refractivity contribution in [1.82, 2.24) is 9.47 Å². The standard InChI is InChI=1S/C19H19N3O/c1-21-13-17(16-8-4-5-9-18(16)21)20-19(23)22-11-10-14-6-2-3-7-15(14)12-22/h2-9,13H,10-12H2,1H3,(H,20,23). The molecule has 4 nitrogen and oxygen atoms in total. The smallest absolute Gasteiger partial charge is 0.322 e. The SMILES string of the molecule is Cn1cc(NC(=O)N2CCc3ccccc3C2)c2ccccc21. The van der Waals surface area contributed by atoms with Gasteiger partial charge in [0.15, 0.2) is 0 Å². The van der Waals surface area contributed by atoms with Gasteiger partial charge in [-0.25, -0.2) is 4.79 Å². The van der Waals surface area contributed by atoms with Crippen molar-refractivity contribution in [2.24, 2.45) is 7.05 Å². The highest BCUT2D eigenvalue weighted by Crippen LogP contribution is 2.26. The first-order chi connectivity index (χ1) is 11.2. The second-order valence-electron chi connectivity index (χ2n) is 6.04. The largest absolute Gasteiger partial charge is 0.348 e. The lowest BCUT2D eigenvalue weighted by atomic mass is 10.0. The maximum atomic E-state index is 12.6. The van der Waals surface area contributed by atoms with Gasteiger partial charge in [0, 0.05) is 37.2 Å². The van der Waals surface area contributed by atoms with Crippen LogP contribution in [0.25, 0.3) is 10.9 Å². The number of nitrogens with zero attached hydrogens (tertiary/aromatic N) is 2. The lowest BCUT2D eigenvalue weighted by molar-refractivity contribution is 0.206. The normalized spacial score (nSPS) is 13.9. The molecule has 4 rings (SSSR count). The molecule has 0 saturated heterocycles. The van der Waals surface area contributed by atoms with Gasteiger partial charge in [0.2, 0.25) is 0 Å². The van der Waals surface area contributed by atoms with Gasteiger partial charge in [-0.1, -0.05) is 42.5 Å². The molecule has 3 aromatic rings. The minimum Gasteiger partial charge on any atom is -0.348 e. The summed E-state index contributed by atoms with van der Waals surface area (Å²) < 4.78 is 2.04. The van der Waals surface area contributed by atoms with Crippen LogP contribution in [0.1, 0.15) is 11.1 Å². The summed E-state index contributed by atoms with van der Waals surface area (Å²) >= 11 is 0. The van der Waals surface area contributed by atoms with E-state index >= 15 is 0 Å². The third kappa shape index (κ3) is 2.46. The Morgan fingerprint density at radius 3 is 2.65 bits per heavy atom. The number of urea groups is 1. The van der Waals surface area contributed by atoms with Gasteiger partial charge in [-0.15, -0.1) is 0 Å². The van der Waals surface area contributed by atoms with Crippen LogP contribution in [-0.4, -0.2) is 22.0 Å². The van der Waals surface area contributed by atoms with Crippen molar-refractivity contribution in [2.45, 2.75) is 13.0 Å². The Morgan fingerprint density at radius 1 is 1.04 bits per heavy atom. The van der Waals surface area contributed by atoms with Crippen molar-refractivity contribution in [3.8, 4) is 0 Å². The fourth-order valence-electron chi connectivity index (χ4n) is 3.30. The lowest BCUT2D eigenvalue weighted by Gasteiger charge is -2.28. The van der Waals surface area contributed by atoms with Gasteiger partial charge < -0.3 is 14.8 Å². The molecule has 0 fully saturated rings. The van der Waals surface area contributed by atoms with Gasteiger partial charge in [-0.2, -0.15) is 0 Å². The summed E-state index contributed by atoms with van der Waals surface area (Å²) in [7, 11) is 2.00. The molecule has 0 aliphatic carbocycles. The zero-order valence-electron chi connectivity index (χ0n) is 13.1. The third-order valence-corrected chi connectivity index (χ3v) is 4.56. The zero-order chi connectivity index (χ0) is 15.8. The molecule has 2 aromatic carbocycles. The van der Waals surface area contributed by atoms with E-state index in [1.807, 2.05) is 47.0 Å². The first kappa shape index (κ1) is 13.9. The number of aryl methyl sites for hydroxylation is 1. The average Bonchev–Trinajstić information content (AvgIpc) is 2.91. The number of carbonyl (C=O) groups excluding carboxylic acids is 1. The molecule has 1 N–H and O–H groups in total. The highest BCUT2D eigenvalue weighted by atomic mass is 16.2. The minimum atomic E-state index is -0.0316. The van der Waals surface area contributed by atoms with E-state index in [1.54, 1.807) is 0 Å². The molecule has 0 saturated carbocycles. The lowest BCUT2D eigenvalue weighted by Crippen LogP contribution is -2.38. The van der Waals surface area contributed by atoms with Gasteiger partial charge in [-0.3, -0.25) is 0 Å². The van der Waals surface area contributed by atoms with Crippen LogP contribution in [0.3, 0.4) is 0 Å². The van der Waals surface area contributed by atoms with Crippen molar-refractivity contribution >= 4 is 22.6 Å². The number of aromatic nitrogens is 1. The molecule has 2 amide bonds. The number of benzene rings is 2. The summed E-state index contributed by atoms with van der Waals surface area (Å²) in [5.41, 5.74) is 4.58. The number of carbonyl (C=O) groups is 1. The van der Waals surface area contributed by atoms with E-state index in [0.29, 0.717) is 6.54 Å². The summed E-state index contributed by atoms with van der Waals surface area (Å²) in [5.74, 6) is 0. The summed E-state index contributed by atoms with van der Waals surface area (Å²) in [6, 6.07) is 16.4. The van der Waals surface area contributed by atoms with Gasteiger partial charge in [0.1, 0.15) is 0 Å². The number of nitrogens with one attached hydrogen (secondary N) is 1. The maximum absolute atomic E-state index is 12.6. The molecule has 4 heteroatoms. The van der Waals surface area contributed by atoms with Crippen molar-refractivity contribution in [3.05, 3.63) is 65.9 Å². The Morgan fingerprint density at radius 2 is 1.78 bits per heavy atom. The monoisotopic (exact) mass is 305 g/mol. The van der Waals surface area contributed by atoms with Crippen LogP contribution in [0.2, 0.25) is 0 Å². The topological polar surface area (TPSA) is 37.3 Å². The molecule has 0 atom stereocenters. The number of para-hydroxylation sites is 1. The van der Waals surface area contributed by atoms with Gasteiger partial charge in [-0.05, 0) is 23.6 Å². The van der Waals surface area contributed by atoms with E-state index in [2.05, 4.69) is 29.6 Å². The quantitative estimate of drug-likeness (QED) is 0.730. The number of anilines is 1. The van der Waals surface area contributed by atoms with E-state index < -0.39 is 0 Å². The second-order valence-corrected chi connectivity index (χ2v) is 6.04. The molecule has 2 heterocycles. The predicted molar refractivity (Wildman–Crippen MR) is 92.5 cm³/mol. The molecule has 116 valence electrons. The van der Waals surface area contributed by atoms with Crippen LogP contribution in [0.15, 0.2) is 54.7 Å². The molecule has 0 radical (unpaired) electrons. The van der Waals surface area contributed by atoms with Crippen molar-refractivity contribution < 1.29 is 4.79 Å². The van der Waals surface area contributed by atoms with Crippen LogP contribution >= 0.6 is 0 Å². The first-order valence-electron chi connectivity index (χ1n) is 7.89. The molecule has 1 aromatic heterocycles. The molecule has 0 bridgehead atoms. The Kier molecular flexibility index (Phi) is 3.30. The Labute approximate surface area is 135 Å². The van der Waals surface area contributed by atoms with E-state index in [4.69, 9.17) is 0 Å². The summed E-state index contributed by atoms with van der Waals surface area (Å²) in [5, 5.41) is 4.14. The highest BCUT2D eigenvalue weighted by Gasteiger charge is 2.21. The van der Waals surface area contributed by atoms with Crippen LogP contribution in [0.4, 0.5) is 10.5 Å². The first-order valence-corrected chi connectivity index (χ1v) is 7.89. The van der Waals surface area contributed by atoms with Crippen LogP contribution in [0, 0.1) is 0 Å². The Bertz CT molecular complexity index is 881. The number of hydrogen-bond acceptors (Lipinski definition) is 1. The van der Waals surface area contributed by atoms with Crippen LogP contribution in [-0.2, 0) is 20.0 Å². The summed E-state index contributed by atoms with van der Waals surface area (Å²) in [4.78, 5) is 14.5. The molecule has 0 unspecified atom stereocenters. The van der Waals surface area contributed by atoms with E-state index in [-0.39, 0.29) is 6.03 Å². The number of hydrogen-bond donors (Lipinski definition) is 1. The number of fused-ring (bicyclic) bond motifs is 2. The van der Waals surface area contributed by atoms with E-state index in [0.717, 1.165) is 29.6 Å².